The van der Waals surface area contributed by atoms with Gasteiger partial charge < -0.3 is 25.4 Å². The summed E-state index contributed by atoms with van der Waals surface area (Å²) in [7, 11) is 3.57. The predicted molar refractivity (Wildman–Crippen MR) is 80.3 cm³/mol. The van der Waals surface area contributed by atoms with Crippen molar-refractivity contribution in [1.29, 1.82) is 0 Å². The first-order valence-electron chi connectivity index (χ1n) is 6.44. The third-order valence-electron chi connectivity index (χ3n) is 2.67. The fourth-order valence-corrected chi connectivity index (χ4v) is 1.89. The van der Waals surface area contributed by atoms with E-state index >= 15 is 0 Å². The van der Waals surface area contributed by atoms with Crippen molar-refractivity contribution < 1.29 is 19.4 Å². The van der Waals surface area contributed by atoms with Gasteiger partial charge in [-0.3, -0.25) is 0 Å². The highest BCUT2D eigenvalue weighted by atomic mass is 32.2. The van der Waals surface area contributed by atoms with Crippen LogP contribution >= 0.6 is 11.8 Å². The number of hydrogen-bond acceptors (Lipinski definition) is 5. The summed E-state index contributed by atoms with van der Waals surface area (Å²) in [4.78, 5) is 24.6. The minimum atomic E-state index is -1.01. The molecular formula is C12H25N3O4S. The Balaban J connectivity index is 3.87. The fourth-order valence-electron chi connectivity index (χ4n) is 1.42. The molecule has 0 bridgehead atoms. The highest BCUT2D eigenvalue weighted by Crippen LogP contribution is 2.00. The van der Waals surface area contributed by atoms with Gasteiger partial charge in [-0.1, -0.05) is 0 Å². The molecule has 2 amide bonds. The maximum absolute atomic E-state index is 11.6. The molecule has 0 saturated carbocycles. The zero-order valence-electron chi connectivity index (χ0n) is 12.3. The first kappa shape index (κ1) is 19.0. The van der Waals surface area contributed by atoms with Crippen molar-refractivity contribution >= 4 is 23.8 Å². The van der Waals surface area contributed by atoms with Crippen LogP contribution in [0.3, 0.4) is 0 Å². The van der Waals surface area contributed by atoms with Gasteiger partial charge in [0.25, 0.3) is 0 Å². The van der Waals surface area contributed by atoms with Gasteiger partial charge in [0.05, 0.1) is 6.61 Å². The number of nitrogens with zero attached hydrogens (tertiary/aromatic N) is 1. The first-order chi connectivity index (χ1) is 9.51. The van der Waals surface area contributed by atoms with E-state index in [2.05, 4.69) is 10.6 Å². The number of carboxylic acids is 1. The van der Waals surface area contributed by atoms with Crippen molar-refractivity contribution in [2.45, 2.75) is 12.5 Å². The van der Waals surface area contributed by atoms with Crippen LogP contribution in [0.15, 0.2) is 0 Å². The lowest BCUT2D eigenvalue weighted by Crippen LogP contribution is -2.47. The van der Waals surface area contributed by atoms with E-state index in [1.807, 2.05) is 18.2 Å². The van der Waals surface area contributed by atoms with E-state index in [4.69, 9.17) is 9.84 Å². The van der Waals surface area contributed by atoms with E-state index in [-0.39, 0.29) is 0 Å². The Morgan fingerprint density at radius 2 is 2.10 bits per heavy atom. The molecule has 0 aliphatic carbocycles. The second-order valence-electron chi connectivity index (χ2n) is 4.37. The van der Waals surface area contributed by atoms with Crippen molar-refractivity contribution in [1.82, 2.24) is 15.5 Å². The normalized spacial score (nSPS) is 12.2. The van der Waals surface area contributed by atoms with E-state index in [0.717, 1.165) is 6.54 Å². The maximum atomic E-state index is 11.6. The van der Waals surface area contributed by atoms with Gasteiger partial charge in [-0.05, 0) is 25.5 Å². The standard InChI is InChI=1S/C12H25N3O4S/c1-15(7-8-19-2)6-5-13-12(18)14-10(11(16)17)4-9-20-3/h10H,4-9H2,1-3H3,(H,16,17)(H2,13,14,18)/t10-/m0/s1. The van der Waals surface area contributed by atoms with Crippen molar-refractivity contribution in [2.75, 3.05) is 52.4 Å². The molecule has 0 aliphatic heterocycles. The Kier molecular flexibility index (Phi) is 11.2. The second kappa shape index (κ2) is 11.8. The largest absolute Gasteiger partial charge is 0.480 e. The fraction of sp³-hybridized carbons (Fsp3) is 0.833. The van der Waals surface area contributed by atoms with Crippen LogP contribution < -0.4 is 10.6 Å². The van der Waals surface area contributed by atoms with Gasteiger partial charge in [-0.2, -0.15) is 11.8 Å². The molecule has 0 aromatic carbocycles. The molecule has 7 nitrogen and oxygen atoms in total. The zero-order valence-corrected chi connectivity index (χ0v) is 13.2. The lowest BCUT2D eigenvalue weighted by atomic mass is 10.2. The van der Waals surface area contributed by atoms with Crippen LogP contribution in [-0.4, -0.2) is 80.5 Å². The number of carbonyl (C=O) groups is 2. The topological polar surface area (TPSA) is 90.9 Å². The summed E-state index contributed by atoms with van der Waals surface area (Å²) in [6.45, 7) is 2.56. The van der Waals surface area contributed by atoms with E-state index in [0.29, 0.717) is 31.9 Å². The number of aliphatic carboxylic acids is 1. The SMILES string of the molecule is COCCN(C)CCNC(=O)N[C@@H](CCSC)C(=O)O. The van der Waals surface area contributed by atoms with Crippen LogP contribution in [0.25, 0.3) is 0 Å². The van der Waals surface area contributed by atoms with Gasteiger partial charge in [0.2, 0.25) is 0 Å². The molecule has 0 spiro atoms. The number of nitrogens with one attached hydrogen (secondary N) is 2. The Morgan fingerprint density at radius 3 is 2.65 bits per heavy atom. The molecule has 0 aliphatic rings. The summed E-state index contributed by atoms with van der Waals surface area (Å²) in [6, 6.07) is -1.28. The number of rotatable bonds is 11. The Labute approximate surface area is 124 Å². The summed E-state index contributed by atoms with van der Waals surface area (Å²) in [5.74, 6) is -0.316. The summed E-state index contributed by atoms with van der Waals surface area (Å²) in [6.07, 6.45) is 2.31. The minimum Gasteiger partial charge on any atom is -0.480 e. The second-order valence-corrected chi connectivity index (χ2v) is 5.35. The van der Waals surface area contributed by atoms with E-state index in [1.165, 1.54) is 0 Å². The number of thioether (sulfide) groups is 1. The molecule has 0 aromatic rings. The van der Waals surface area contributed by atoms with Crippen molar-refractivity contribution in [3.8, 4) is 0 Å². The van der Waals surface area contributed by atoms with E-state index < -0.39 is 18.0 Å². The molecule has 0 radical (unpaired) electrons. The lowest BCUT2D eigenvalue weighted by molar-refractivity contribution is -0.139. The van der Waals surface area contributed by atoms with Gasteiger partial charge in [0.1, 0.15) is 6.04 Å². The molecule has 0 saturated heterocycles. The zero-order chi connectivity index (χ0) is 15.4. The highest BCUT2D eigenvalue weighted by Gasteiger charge is 2.18. The Bertz CT molecular complexity index is 292. The Morgan fingerprint density at radius 1 is 1.40 bits per heavy atom. The number of carbonyl (C=O) groups excluding carboxylic acids is 1. The number of hydrogen-bond donors (Lipinski definition) is 3. The average Bonchev–Trinajstić information content (AvgIpc) is 2.40. The van der Waals surface area contributed by atoms with E-state index in [1.54, 1.807) is 18.9 Å². The number of ether oxygens (including phenoxy) is 1. The third kappa shape index (κ3) is 9.88. The molecule has 20 heavy (non-hydrogen) atoms. The molecule has 8 heteroatoms. The van der Waals surface area contributed by atoms with Crippen molar-refractivity contribution in [3.05, 3.63) is 0 Å². The number of amides is 2. The van der Waals surface area contributed by atoms with Gasteiger partial charge >= 0.3 is 12.0 Å². The number of likely N-dealkylation sites (N-methyl/N-ethyl adjacent to an activating group) is 1. The monoisotopic (exact) mass is 307 g/mol. The number of urea groups is 1. The van der Waals surface area contributed by atoms with Gasteiger partial charge in [0.15, 0.2) is 0 Å². The third-order valence-corrected chi connectivity index (χ3v) is 3.31. The summed E-state index contributed by atoms with van der Waals surface area (Å²) in [5.41, 5.74) is 0. The van der Waals surface area contributed by atoms with Crippen LogP contribution in [0.4, 0.5) is 4.79 Å². The molecule has 3 N–H and O–H groups in total. The summed E-state index contributed by atoms with van der Waals surface area (Å²) < 4.78 is 4.95. The van der Waals surface area contributed by atoms with Gasteiger partial charge in [0, 0.05) is 26.7 Å². The summed E-state index contributed by atoms with van der Waals surface area (Å²) in [5, 5.41) is 14.1. The van der Waals surface area contributed by atoms with Crippen LogP contribution in [0, 0.1) is 0 Å². The maximum Gasteiger partial charge on any atom is 0.326 e. The minimum absolute atomic E-state index is 0.414. The Hall–Kier alpha value is -0.990. The van der Waals surface area contributed by atoms with Crippen molar-refractivity contribution in [2.24, 2.45) is 0 Å². The van der Waals surface area contributed by atoms with Crippen LogP contribution in [0.5, 0.6) is 0 Å². The molecule has 0 aromatic heterocycles. The van der Waals surface area contributed by atoms with Gasteiger partial charge in [-0.15, -0.1) is 0 Å². The smallest absolute Gasteiger partial charge is 0.326 e. The summed E-state index contributed by atoms with van der Waals surface area (Å²) >= 11 is 1.55. The molecular weight excluding hydrogens is 282 g/mol. The number of methoxy groups -OCH3 is 1. The van der Waals surface area contributed by atoms with E-state index in [9.17, 15) is 9.59 Å². The van der Waals surface area contributed by atoms with Crippen molar-refractivity contribution in [3.63, 3.8) is 0 Å². The molecule has 0 unspecified atom stereocenters. The van der Waals surface area contributed by atoms with Crippen LogP contribution in [0.1, 0.15) is 6.42 Å². The molecule has 0 heterocycles. The lowest BCUT2D eigenvalue weighted by Gasteiger charge is -2.18. The molecule has 118 valence electrons. The van der Waals surface area contributed by atoms with Gasteiger partial charge in [-0.25, -0.2) is 9.59 Å². The van der Waals surface area contributed by atoms with Crippen LogP contribution in [0.2, 0.25) is 0 Å². The predicted octanol–water partition coefficient (Wildman–Crippen LogP) is 0.0701. The first-order valence-corrected chi connectivity index (χ1v) is 7.84. The quantitative estimate of drug-likeness (QED) is 0.500. The highest BCUT2D eigenvalue weighted by molar-refractivity contribution is 7.98. The van der Waals surface area contributed by atoms with Crippen LogP contribution in [-0.2, 0) is 9.53 Å². The number of carboxylic acid groups (broad SMARTS) is 1. The molecule has 1 atom stereocenters. The molecule has 0 rings (SSSR count). The molecule has 0 fully saturated rings. The average molecular weight is 307 g/mol.